The van der Waals surface area contributed by atoms with Gasteiger partial charge in [0.2, 0.25) is 5.13 Å². The van der Waals surface area contributed by atoms with E-state index in [9.17, 15) is 19.1 Å². The summed E-state index contributed by atoms with van der Waals surface area (Å²) in [7, 11) is 1.32. The molecule has 2 heterocycles. The molecule has 6 rings (SSSR count). The van der Waals surface area contributed by atoms with E-state index >= 15 is 0 Å². The second-order valence-corrected chi connectivity index (χ2v) is 12.3. The van der Waals surface area contributed by atoms with Gasteiger partial charge in [0.25, 0.3) is 5.78 Å². The van der Waals surface area contributed by atoms with Crippen LogP contribution in [-0.2, 0) is 15.3 Å². The van der Waals surface area contributed by atoms with Crippen molar-refractivity contribution in [1.29, 1.82) is 0 Å². The van der Waals surface area contributed by atoms with Gasteiger partial charge in [-0.3, -0.25) is 14.5 Å². The summed E-state index contributed by atoms with van der Waals surface area (Å²) in [6.07, 6.45) is 0. The van der Waals surface area contributed by atoms with Crippen LogP contribution in [0.4, 0.5) is 9.52 Å². The molecule has 1 aliphatic rings. The fourth-order valence-corrected chi connectivity index (χ4v) is 6.95. The number of hydrogen-bond donors (Lipinski definition) is 1. The van der Waals surface area contributed by atoms with Crippen molar-refractivity contribution in [2.75, 3.05) is 12.0 Å². The Hall–Kier alpha value is -4.71. The van der Waals surface area contributed by atoms with Crippen molar-refractivity contribution >= 4 is 57.3 Å². The van der Waals surface area contributed by atoms with Crippen LogP contribution in [0.2, 0.25) is 5.02 Å². The van der Waals surface area contributed by atoms with Crippen LogP contribution in [0.15, 0.2) is 107 Å². The van der Waals surface area contributed by atoms with Gasteiger partial charge < -0.3 is 14.6 Å². The molecule has 0 aliphatic carbocycles. The molecule has 1 fully saturated rings. The van der Waals surface area contributed by atoms with Crippen molar-refractivity contribution in [3.8, 4) is 17.2 Å². The fourth-order valence-electron chi connectivity index (χ4n) is 4.80. The van der Waals surface area contributed by atoms with Gasteiger partial charge in [-0.25, -0.2) is 4.39 Å². The zero-order valence-electron chi connectivity index (χ0n) is 23.5. The van der Waals surface area contributed by atoms with Gasteiger partial charge in [-0.05, 0) is 59.7 Å². The predicted octanol–water partition coefficient (Wildman–Crippen LogP) is 8.05. The number of aliphatic hydroxyl groups excluding tert-OH is 1. The van der Waals surface area contributed by atoms with Crippen molar-refractivity contribution in [2.24, 2.45) is 0 Å². The van der Waals surface area contributed by atoms with E-state index < -0.39 is 29.3 Å². The number of nitrogens with zero attached hydrogens (tertiary/aromatic N) is 3. The zero-order valence-corrected chi connectivity index (χ0v) is 25.9. The van der Waals surface area contributed by atoms with Crippen molar-refractivity contribution in [1.82, 2.24) is 10.2 Å². The number of rotatable bonds is 9. The summed E-state index contributed by atoms with van der Waals surface area (Å²) in [6, 6.07) is 26.0. The molecule has 226 valence electrons. The van der Waals surface area contributed by atoms with Gasteiger partial charge in [-0.15, -0.1) is 10.2 Å². The molecular formula is C33H23ClFN3O5S2. The molecule has 1 amide bonds. The van der Waals surface area contributed by atoms with Gasteiger partial charge in [0, 0.05) is 16.3 Å². The smallest absolute Gasteiger partial charge is 0.301 e. The summed E-state index contributed by atoms with van der Waals surface area (Å²) in [5.74, 6) is -1.66. The first-order valence-electron chi connectivity index (χ1n) is 13.5. The van der Waals surface area contributed by atoms with Gasteiger partial charge >= 0.3 is 5.91 Å². The number of benzene rings is 4. The Morgan fingerprint density at radius 1 is 0.978 bits per heavy atom. The Balaban J connectivity index is 1.41. The Bertz CT molecular complexity index is 1930. The third-order valence-corrected chi connectivity index (χ3v) is 9.41. The minimum Gasteiger partial charge on any atom is -0.507 e. The maximum absolute atomic E-state index is 14.7. The molecule has 0 spiro atoms. The molecule has 45 heavy (non-hydrogen) atoms. The first-order chi connectivity index (χ1) is 21.8. The van der Waals surface area contributed by atoms with Gasteiger partial charge in [-0.2, -0.15) is 0 Å². The number of Topliss-reactive ketones (excluding diaryl/α,β-unsaturated/α-hetero) is 1. The lowest BCUT2D eigenvalue weighted by Crippen LogP contribution is -2.29. The number of carbonyl (C=O) groups is 2. The van der Waals surface area contributed by atoms with Crippen LogP contribution in [0.1, 0.15) is 22.7 Å². The van der Waals surface area contributed by atoms with Crippen LogP contribution < -0.4 is 14.4 Å². The average molecular weight is 660 g/mol. The summed E-state index contributed by atoms with van der Waals surface area (Å²) >= 11 is 8.81. The Labute approximate surface area is 270 Å². The zero-order chi connectivity index (χ0) is 31.5. The summed E-state index contributed by atoms with van der Waals surface area (Å²) in [4.78, 5) is 28.4. The number of hydrogen-bond acceptors (Lipinski definition) is 9. The highest BCUT2D eigenvalue weighted by atomic mass is 35.5. The average Bonchev–Trinajstić information content (AvgIpc) is 3.62. The van der Waals surface area contributed by atoms with E-state index in [1.165, 1.54) is 35.9 Å². The third-order valence-electron chi connectivity index (χ3n) is 6.93. The molecule has 1 unspecified atom stereocenters. The molecule has 0 radical (unpaired) electrons. The topological polar surface area (TPSA) is 102 Å². The number of ketones is 1. The highest BCUT2D eigenvalue weighted by Gasteiger charge is 2.48. The monoisotopic (exact) mass is 659 g/mol. The third kappa shape index (κ3) is 6.28. The van der Waals surface area contributed by atoms with Crippen molar-refractivity contribution in [2.45, 2.75) is 16.1 Å². The maximum Gasteiger partial charge on any atom is 0.301 e. The van der Waals surface area contributed by atoms with E-state index in [4.69, 9.17) is 21.1 Å². The minimum atomic E-state index is -1.12. The highest BCUT2D eigenvalue weighted by molar-refractivity contribution is 8.00. The normalized spacial score (nSPS) is 15.8. The first kappa shape index (κ1) is 30.3. The van der Waals surface area contributed by atoms with E-state index in [0.29, 0.717) is 32.2 Å². The van der Waals surface area contributed by atoms with E-state index in [0.717, 1.165) is 23.0 Å². The summed E-state index contributed by atoms with van der Waals surface area (Å²) < 4.78 is 26.2. The van der Waals surface area contributed by atoms with E-state index in [1.807, 2.05) is 36.4 Å². The summed E-state index contributed by atoms with van der Waals surface area (Å²) in [6.45, 7) is 0. The number of carbonyl (C=O) groups excluding carboxylic acids is 2. The van der Waals surface area contributed by atoms with Crippen LogP contribution in [0.25, 0.3) is 5.76 Å². The number of amides is 1. The molecule has 1 atom stereocenters. The van der Waals surface area contributed by atoms with Crippen LogP contribution in [0.5, 0.6) is 17.2 Å². The molecule has 12 heteroatoms. The standard InChI is InChI=1S/C33H23ClFN3O5S2/c1-42-26-15-14-20(17-25(26)35)29(39)27-28(19-9-7-12-23(16-19)43-22-10-3-2-4-11-22)38(31(41)30(27)40)32-36-37-33(45-32)44-18-21-8-5-6-13-24(21)34/h2-17,28,39H,18H2,1H3/b29-27+. The van der Waals surface area contributed by atoms with Crippen molar-refractivity contribution < 1.29 is 28.6 Å². The molecule has 5 aromatic rings. The van der Waals surface area contributed by atoms with E-state index in [-0.39, 0.29) is 22.0 Å². The molecule has 1 aliphatic heterocycles. The number of halogens is 2. The van der Waals surface area contributed by atoms with Gasteiger partial charge in [0.15, 0.2) is 15.9 Å². The maximum atomic E-state index is 14.7. The van der Waals surface area contributed by atoms with E-state index in [1.54, 1.807) is 42.5 Å². The van der Waals surface area contributed by atoms with Gasteiger partial charge in [0.1, 0.15) is 17.3 Å². The Morgan fingerprint density at radius 2 is 1.73 bits per heavy atom. The lowest BCUT2D eigenvalue weighted by Gasteiger charge is -2.23. The first-order valence-corrected chi connectivity index (χ1v) is 15.7. The minimum absolute atomic E-state index is 0.00115. The molecule has 8 nitrogen and oxygen atoms in total. The quantitative estimate of drug-likeness (QED) is 0.0558. The molecule has 0 bridgehead atoms. The molecule has 4 aromatic carbocycles. The predicted molar refractivity (Wildman–Crippen MR) is 172 cm³/mol. The fraction of sp³-hybridized carbons (Fsp3) is 0.0909. The molecule has 1 aromatic heterocycles. The number of methoxy groups -OCH3 is 1. The number of aliphatic hydroxyl groups is 1. The molecule has 1 saturated heterocycles. The van der Waals surface area contributed by atoms with Crippen LogP contribution >= 0.6 is 34.7 Å². The van der Waals surface area contributed by atoms with Crippen LogP contribution in [-0.4, -0.2) is 34.1 Å². The largest absolute Gasteiger partial charge is 0.507 e. The Morgan fingerprint density at radius 3 is 2.49 bits per heavy atom. The van der Waals surface area contributed by atoms with Gasteiger partial charge in [0.05, 0.1) is 18.7 Å². The number of thioether (sulfide) groups is 1. The number of para-hydroxylation sites is 1. The number of aromatic nitrogens is 2. The second-order valence-electron chi connectivity index (χ2n) is 9.74. The number of anilines is 1. The second kappa shape index (κ2) is 13.1. The van der Waals surface area contributed by atoms with Crippen LogP contribution in [0.3, 0.4) is 0 Å². The highest BCUT2D eigenvalue weighted by Crippen LogP contribution is 2.45. The van der Waals surface area contributed by atoms with Gasteiger partial charge in [-0.1, -0.05) is 83.2 Å². The molecular weight excluding hydrogens is 637 g/mol. The van der Waals surface area contributed by atoms with Crippen molar-refractivity contribution in [3.63, 3.8) is 0 Å². The summed E-state index contributed by atoms with van der Waals surface area (Å²) in [5.41, 5.74) is 1.13. The summed E-state index contributed by atoms with van der Waals surface area (Å²) in [5, 5.41) is 20.7. The number of ether oxygens (including phenoxy) is 2. The molecule has 1 N–H and O–H groups in total. The van der Waals surface area contributed by atoms with Crippen molar-refractivity contribution in [3.05, 3.63) is 130 Å². The lowest BCUT2D eigenvalue weighted by molar-refractivity contribution is -0.132. The van der Waals surface area contributed by atoms with Crippen LogP contribution in [0, 0.1) is 5.82 Å². The van der Waals surface area contributed by atoms with E-state index in [2.05, 4.69) is 10.2 Å². The lowest BCUT2D eigenvalue weighted by atomic mass is 9.95. The Kier molecular flexibility index (Phi) is 8.83. The molecule has 0 saturated carbocycles. The SMILES string of the molecule is COc1ccc(/C(O)=C2\C(=O)C(=O)N(c3nnc(SCc4ccccc4Cl)s3)C2c2cccc(Oc3ccccc3)c2)cc1F.